The first-order chi connectivity index (χ1) is 11.3. The Bertz CT molecular complexity index is 310. The summed E-state index contributed by atoms with van der Waals surface area (Å²) in [5.41, 5.74) is 0. The molecule has 0 saturated carbocycles. The van der Waals surface area contributed by atoms with Crippen LogP contribution < -0.4 is 10.6 Å². The van der Waals surface area contributed by atoms with Gasteiger partial charge in [0.2, 0.25) is 0 Å². The second-order valence-corrected chi connectivity index (χ2v) is 6.07. The van der Waals surface area contributed by atoms with E-state index >= 15 is 0 Å². The molecule has 0 bridgehead atoms. The minimum Gasteiger partial charge on any atom is -0.312 e. The van der Waals surface area contributed by atoms with Crippen LogP contribution in [-0.4, -0.2) is 65.4 Å². The number of hydrogen-bond acceptors (Lipinski definition) is 8. The molecule has 0 amide bonds. The second-order valence-electron chi connectivity index (χ2n) is 6.07. The molecule has 10 nitrogen and oxygen atoms in total. The van der Waals surface area contributed by atoms with Gasteiger partial charge in [-0.1, -0.05) is 65.8 Å². The van der Waals surface area contributed by atoms with Crippen LogP contribution in [0.1, 0.15) is 55.4 Å². The lowest BCUT2D eigenvalue weighted by atomic mass is 10.3. The highest BCUT2D eigenvalue weighted by atomic mass is 15.5. The minimum absolute atomic E-state index is 0.625. The third-order valence-electron chi connectivity index (χ3n) is 1.87. The summed E-state index contributed by atoms with van der Waals surface area (Å²) in [5.74, 6) is 0. The first-order valence-electron chi connectivity index (χ1n) is 8.10. The Morgan fingerprint density at radius 2 is 0.875 bits per heavy atom. The van der Waals surface area contributed by atoms with E-state index in [0.717, 1.165) is 0 Å². The number of tetrazole rings is 2. The van der Waals surface area contributed by atoms with Gasteiger partial charge < -0.3 is 10.6 Å². The van der Waals surface area contributed by atoms with E-state index in [1.54, 1.807) is 0 Å². The average molecular weight is 342 g/mol. The normalized spacial score (nSPS) is 9.83. The van der Waals surface area contributed by atoms with Crippen molar-refractivity contribution in [2.75, 3.05) is 0 Å². The summed E-state index contributed by atoms with van der Waals surface area (Å²) < 4.78 is 0. The lowest BCUT2D eigenvalue weighted by molar-refractivity contribution is 0.518. The van der Waals surface area contributed by atoms with Crippen LogP contribution in [0.25, 0.3) is 0 Å². The zero-order valence-electron chi connectivity index (χ0n) is 16.1. The molecule has 2 rings (SSSR count). The van der Waals surface area contributed by atoms with Gasteiger partial charge in [0.1, 0.15) is 0 Å². The average Bonchev–Trinajstić information content (AvgIpc) is 3.16. The van der Waals surface area contributed by atoms with Gasteiger partial charge in [0.05, 0.1) is 0 Å². The largest absolute Gasteiger partial charge is 0.312 e. The molecule has 0 atom stereocenters. The summed E-state index contributed by atoms with van der Waals surface area (Å²) in [4.78, 5) is 0. The Morgan fingerprint density at radius 3 is 0.917 bits per heavy atom. The predicted molar refractivity (Wildman–Crippen MR) is 95.2 cm³/mol. The van der Waals surface area contributed by atoms with Crippen LogP contribution >= 0.6 is 0 Å². The van der Waals surface area contributed by atoms with Gasteiger partial charge in [0.25, 0.3) is 0 Å². The third-order valence-corrected chi connectivity index (χ3v) is 1.87. The highest BCUT2D eigenvalue weighted by molar-refractivity contribution is 4.56. The molecule has 2 aromatic heterocycles. The molecule has 2 aromatic rings. The molecule has 0 unspecified atom stereocenters. The van der Waals surface area contributed by atoms with Crippen LogP contribution in [0.2, 0.25) is 0 Å². The lowest BCUT2D eigenvalue weighted by Crippen LogP contribution is -2.29. The van der Waals surface area contributed by atoms with Crippen molar-refractivity contribution in [3.05, 3.63) is 12.7 Å². The first-order valence-corrected chi connectivity index (χ1v) is 8.10. The SMILES string of the molecule is CC(C)NC(C)C.CC(C)NC(C)C.c1nn[nH]n1.c1nn[nH]n1. The van der Waals surface area contributed by atoms with E-state index in [2.05, 4.69) is 107 Å². The van der Waals surface area contributed by atoms with Crippen molar-refractivity contribution in [2.45, 2.75) is 79.6 Å². The molecule has 0 fully saturated rings. The van der Waals surface area contributed by atoms with E-state index in [-0.39, 0.29) is 0 Å². The molecule has 0 spiro atoms. The highest BCUT2D eigenvalue weighted by Crippen LogP contribution is 1.81. The standard InChI is InChI=1S/2C6H15N.2CH2N4/c2*1-5(2)7-6(3)4;2*1-2-4-5-3-1/h2*5-7H,1-4H3;2*1H,(H,2,3,4,5). The van der Waals surface area contributed by atoms with Crippen molar-refractivity contribution >= 4 is 0 Å². The van der Waals surface area contributed by atoms with Gasteiger partial charge in [-0.2, -0.15) is 10.4 Å². The Balaban J connectivity index is 0. The fraction of sp³-hybridized carbons (Fsp3) is 0.857. The molecule has 10 heteroatoms. The molecule has 2 heterocycles. The maximum Gasteiger partial charge on any atom is 0.161 e. The fourth-order valence-corrected chi connectivity index (χ4v) is 1.59. The Hall–Kier alpha value is -1.94. The zero-order chi connectivity index (χ0) is 18.8. The van der Waals surface area contributed by atoms with Crippen LogP contribution in [0.4, 0.5) is 0 Å². The fourth-order valence-electron chi connectivity index (χ4n) is 1.59. The Morgan fingerprint density at radius 1 is 0.583 bits per heavy atom. The van der Waals surface area contributed by atoms with Crippen molar-refractivity contribution in [2.24, 2.45) is 0 Å². The van der Waals surface area contributed by atoms with Gasteiger partial charge in [-0.25, -0.2) is 0 Å². The van der Waals surface area contributed by atoms with Crippen LogP contribution in [0.15, 0.2) is 12.7 Å². The van der Waals surface area contributed by atoms with Gasteiger partial charge in [0.15, 0.2) is 12.7 Å². The maximum absolute atomic E-state index is 3.38. The summed E-state index contributed by atoms with van der Waals surface area (Å²) in [7, 11) is 0. The van der Waals surface area contributed by atoms with Gasteiger partial charge in [-0.15, -0.1) is 20.4 Å². The quantitative estimate of drug-likeness (QED) is 0.651. The van der Waals surface area contributed by atoms with Gasteiger partial charge in [0, 0.05) is 24.2 Å². The number of nitrogens with one attached hydrogen (secondary N) is 4. The summed E-state index contributed by atoms with van der Waals surface area (Å²) in [6.45, 7) is 17.2. The Kier molecular flexibility index (Phi) is 17.6. The molecule has 0 aliphatic heterocycles. The molecule has 0 aromatic carbocycles. The molecule has 24 heavy (non-hydrogen) atoms. The van der Waals surface area contributed by atoms with Gasteiger partial charge >= 0.3 is 0 Å². The molecule has 4 N–H and O–H groups in total. The van der Waals surface area contributed by atoms with Crippen molar-refractivity contribution in [1.29, 1.82) is 0 Å². The van der Waals surface area contributed by atoms with Gasteiger partial charge in [-0.05, 0) is 0 Å². The smallest absolute Gasteiger partial charge is 0.161 e. The van der Waals surface area contributed by atoms with Gasteiger partial charge in [-0.3, -0.25) is 0 Å². The van der Waals surface area contributed by atoms with Crippen LogP contribution in [0.5, 0.6) is 0 Å². The number of aromatic nitrogens is 8. The Labute approximate surface area is 145 Å². The van der Waals surface area contributed by atoms with Crippen LogP contribution in [0, 0.1) is 0 Å². The van der Waals surface area contributed by atoms with E-state index in [0.29, 0.717) is 24.2 Å². The number of hydrogen-bond donors (Lipinski definition) is 4. The van der Waals surface area contributed by atoms with E-state index in [1.165, 1.54) is 12.7 Å². The van der Waals surface area contributed by atoms with Crippen molar-refractivity contribution in [3.8, 4) is 0 Å². The first kappa shape index (κ1) is 24.3. The van der Waals surface area contributed by atoms with E-state index < -0.39 is 0 Å². The van der Waals surface area contributed by atoms with Crippen LogP contribution in [0.3, 0.4) is 0 Å². The zero-order valence-corrected chi connectivity index (χ0v) is 16.1. The maximum atomic E-state index is 3.38. The number of aromatic amines is 2. The number of H-pyrrole nitrogens is 2. The summed E-state index contributed by atoms with van der Waals surface area (Å²) in [6.07, 6.45) is 2.67. The van der Waals surface area contributed by atoms with Crippen molar-refractivity contribution in [3.63, 3.8) is 0 Å². The highest BCUT2D eigenvalue weighted by Gasteiger charge is 1.93. The number of rotatable bonds is 4. The van der Waals surface area contributed by atoms with E-state index in [1.807, 2.05) is 0 Å². The molecule has 0 aliphatic carbocycles. The van der Waals surface area contributed by atoms with Crippen molar-refractivity contribution < 1.29 is 0 Å². The van der Waals surface area contributed by atoms with E-state index in [9.17, 15) is 0 Å². The monoisotopic (exact) mass is 342 g/mol. The van der Waals surface area contributed by atoms with E-state index in [4.69, 9.17) is 0 Å². The molecule has 0 aliphatic rings. The molecule has 0 saturated heterocycles. The lowest BCUT2D eigenvalue weighted by Gasteiger charge is -2.10. The molecule has 0 radical (unpaired) electrons. The summed E-state index contributed by atoms with van der Waals surface area (Å²) >= 11 is 0. The topological polar surface area (TPSA) is 133 Å². The summed E-state index contributed by atoms with van der Waals surface area (Å²) in [5, 5.41) is 30.9. The second kappa shape index (κ2) is 17.4. The van der Waals surface area contributed by atoms with Crippen molar-refractivity contribution in [1.82, 2.24) is 51.9 Å². The number of nitrogens with zero attached hydrogens (tertiary/aromatic N) is 6. The third kappa shape index (κ3) is 28.3. The predicted octanol–water partition coefficient (Wildman–Crippen LogP) is 1.19. The molecule has 140 valence electrons. The molecular weight excluding hydrogens is 308 g/mol. The minimum atomic E-state index is 0.625. The summed E-state index contributed by atoms with van der Waals surface area (Å²) in [6, 6.07) is 2.50. The molecular formula is C14H34N10. The van der Waals surface area contributed by atoms with Crippen LogP contribution in [-0.2, 0) is 0 Å².